The Bertz CT molecular complexity index is 1420. The number of aliphatic hydroxyl groups excluding tert-OH is 1. The third-order valence-corrected chi connectivity index (χ3v) is 7.86. The van der Waals surface area contributed by atoms with Gasteiger partial charge in [-0.3, -0.25) is 14.6 Å². The number of carbonyl (C=O) groups is 2. The van der Waals surface area contributed by atoms with Crippen molar-refractivity contribution in [3.8, 4) is 11.1 Å². The number of aryl methyl sites for hydroxylation is 1. The van der Waals surface area contributed by atoms with Crippen LogP contribution in [0.1, 0.15) is 50.1 Å². The van der Waals surface area contributed by atoms with Crippen molar-refractivity contribution >= 4 is 38.2 Å². The fourth-order valence-corrected chi connectivity index (χ4v) is 5.56. The standard InChI is InChI=1S/C28H33B2N5O4/c1-15(2)24(22-13-23(30-29)34-39-22)26(37)35-14-19(36)12-21(35)25-32-27(38)28(4,33-25)18-9-7-17(8-10-18)20-6-5-11-31-16(20)3/h5-11,13,15,19,21,24,30,36H,12,14,29H2,1-4H3,(H,32,33,38)/t19-,21+,24?,28?/m1/s1. The van der Waals surface area contributed by atoms with Crippen LogP contribution < -0.4 is 10.9 Å². The van der Waals surface area contributed by atoms with Crippen LogP contribution in [0.25, 0.3) is 11.1 Å². The van der Waals surface area contributed by atoms with E-state index in [0.29, 0.717) is 25.2 Å². The summed E-state index contributed by atoms with van der Waals surface area (Å²) in [6, 6.07) is 13.0. The van der Waals surface area contributed by atoms with Crippen molar-refractivity contribution in [1.29, 1.82) is 0 Å². The van der Waals surface area contributed by atoms with Crippen molar-refractivity contribution in [3.05, 3.63) is 65.7 Å². The number of pyridine rings is 1. The number of hydrogen-bond acceptors (Lipinski definition) is 7. The zero-order chi connectivity index (χ0) is 27.9. The molecule has 200 valence electrons. The highest BCUT2D eigenvalue weighted by molar-refractivity contribution is 6.97. The predicted molar refractivity (Wildman–Crippen MR) is 153 cm³/mol. The molecule has 4 heterocycles. The van der Waals surface area contributed by atoms with E-state index in [1.165, 1.54) is 0 Å². The number of benzene rings is 1. The molecule has 1 fully saturated rings. The van der Waals surface area contributed by atoms with Crippen LogP contribution in [0.5, 0.6) is 0 Å². The number of nitrogens with one attached hydrogen (secondary N) is 1. The van der Waals surface area contributed by atoms with Gasteiger partial charge in [-0.1, -0.05) is 49.3 Å². The molecular weight excluding hydrogens is 492 g/mol. The number of carbonyl (C=O) groups excluding carboxylic acids is 2. The van der Waals surface area contributed by atoms with Gasteiger partial charge >= 0.3 is 0 Å². The first-order valence-electron chi connectivity index (χ1n) is 13.5. The van der Waals surface area contributed by atoms with Crippen molar-refractivity contribution in [2.24, 2.45) is 10.9 Å². The third kappa shape index (κ3) is 4.91. The molecule has 0 bridgehead atoms. The van der Waals surface area contributed by atoms with Gasteiger partial charge in [-0.05, 0) is 43.0 Å². The van der Waals surface area contributed by atoms with Gasteiger partial charge in [-0.25, -0.2) is 0 Å². The Labute approximate surface area is 229 Å². The summed E-state index contributed by atoms with van der Waals surface area (Å²) < 4.78 is 5.54. The molecule has 2 unspecified atom stereocenters. The summed E-state index contributed by atoms with van der Waals surface area (Å²) in [6.07, 6.45) is 1.34. The van der Waals surface area contributed by atoms with Crippen LogP contribution in [0.2, 0.25) is 0 Å². The summed E-state index contributed by atoms with van der Waals surface area (Å²) in [5, 5.41) is 18.0. The fourth-order valence-electron chi connectivity index (χ4n) is 5.56. The monoisotopic (exact) mass is 525 g/mol. The lowest BCUT2D eigenvalue weighted by molar-refractivity contribution is -0.134. The SMILES string of the molecule is BBc1cc(C(C(=O)N2C[C@H](O)C[C@H]2C2=NC(=O)C(C)(c3ccc(-c4cccnc4C)cc3)N2)C(C)C)on1. The molecule has 0 aliphatic carbocycles. The molecule has 11 heteroatoms. The number of amidine groups is 1. The molecule has 1 aromatic carbocycles. The van der Waals surface area contributed by atoms with Crippen LogP contribution in [0.4, 0.5) is 0 Å². The molecule has 1 saturated heterocycles. The maximum atomic E-state index is 13.9. The molecule has 4 atom stereocenters. The number of amides is 2. The lowest BCUT2D eigenvalue weighted by atomic mass is 9.53. The van der Waals surface area contributed by atoms with Crippen molar-refractivity contribution in [1.82, 2.24) is 20.4 Å². The number of nitrogens with zero attached hydrogens (tertiary/aromatic N) is 4. The van der Waals surface area contributed by atoms with Crippen LogP contribution in [0.15, 0.2) is 58.2 Å². The highest BCUT2D eigenvalue weighted by atomic mass is 16.5. The third-order valence-electron chi connectivity index (χ3n) is 7.86. The summed E-state index contributed by atoms with van der Waals surface area (Å²) in [5.74, 6) is -0.210. The normalized spacial score (nSPS) is 23.6. The zero-order valence-electron chi connectivity index (χ0n) is 23.0. The molecule has 9 nitrogen and oxygen atoms in total. The lowest BCUT2D eigenvalue weighted by Gasteiger charge is -2.31. The Morgan fingerprint density at radius 3 is 2.67 bits per heavy atom. The van der Waals surface area contributed by atoms with Crippen LogP contribution in [0.3, 0.4) is 0 Å². The van der Waals surface area contributed by atoms with E-state index in [1.807, 2.05) is 71.0 Å². The molecule has 0 spiro atoms. The molecule has 2 aromatic heterocycles. The van der Waals surface area contributed by atoms with Gasteiger partial charge in [0, 0.05) is 36.0 Å². The second-order valence-corrected chi connectivity index (χ2v) is 11.0. The molecular formula is C28H33B2N5O4. The number of hydrogen-bond donors (Lipinski definition) is 2. The Morgan fingerprint density at radius 1 is 1.28 bits per heavy atom. The van der Waals surface area contributed by atoms with Gasteiger partial charge in [0.25, 0.3) is 5.91 Å². The van der Waals surface area contributed by atoms with Crippen LogP contribution in [-0.2, 0) is 15.1 Å². The maximum absolute atomic E-state index is 13.9. The Kier molecular flexibility index (Phi) is 7.20. The van der Waals surface area contributed by atoms with Crippen molar-refractivity contribution in [3.63, 3.8) is 0 Å². The molecule has 0 saturated carbocycles. The van der Waals surface area contributed by atoms with Crippen LogP contribution in [0, 0.1) is 12.8 Å². The average molecular weight is 525 g/mol. The summed E-state index contributed by atoms with van der Waals surface area (Å²) in [6.45, 7) is 7.84. The van der Waals surface area contributed by atoms with Crippen molar-refractivity contribution < 1.29 is 19.2 Å². The lowest BCUT2D eigenvalue weighted by Crippen LogP contribution is -2.51. The van der Waals surface area contributed by atoms with Crippen LogP contribution >= 0.6 is 0 Å². The Morgan fingerprint density at radius 2 is 2.03 bits per heavy atom. The van der Waals surface area contributed by atoms with Gasteiger partial charge in [-0.2, -0.15) is 4.99 Å². The molecule has 5 rings (SSSR count). The van der Waals surface area contributed by atoms with Crippen LogP contribution in [-0.4, -0.2) is 71.4 Å². The van der Waals surface area contributed by atoms with Gasteiger partial charge in [0.15, 0.2) is 0 Å². The molecule has 2 amide bonds. The fraction of sp³-hybridized carbons (Fsp3) is 0.393. The predicted octanol–water partition coefficient (Wildman–Crippen LogP) is 0.800. The molecule has 2 N–H and O–H groups in total. The van der Waals surface area contributed by atoms with Gasteiger partial charge in [0.05, 0.1) is 19.9 Å². The van der Waals surface area contributed by atoms with E-state index in [0.717, 1.165) is 28.0 Å². The van der Waals surface area contributed by atoms with Crippen molar-refractivity contribution in [2.45, 2.75) is 57.7 Å². The summed E-state index contributed by atoms with van der Waals surface area (Å²) in [7, 11) is 2.68. The Hall–Kier alpha value is -3.72. The van der Waals surface area contributed by atoms with Gasteiger partial charge in [0.2, 0.25) is 5.91 Å². The highest BCUT2D eigenvalue weighted by Gasteiger charge is 2.48. The number of likely N-dealkylation sites (tertiary alicyclic amines) is 1. The number of aliphatic hydroxyl groups is 1. The van der Waals surface area contributed by atoms with Gasteiger partial charge in [0.1, 0.15) is 30.2 Å². The highest BCUT2D eigenvalue weighted by Crippen LogP contribution is 2.34. The summed E-state index contributed by atoms with van der Waals surface area (Å²) in [4.78, 5) is 37.5. The average Bonchev–Trinajstić information content (AvgIpc) is 3.62. The first kappa shape index (κ1) is 26.9. The minimum absolute atomic E-state index is 0.0547. The van der Waals surface area contributed by atoms with E-state index in [-0.39, 0.29) is 24.3 Å². The first-order chi connectivity index (χ1) is 18.6. The number of β-amino-alcohol motifs (C(OH)–C–C–N with tert-alkyl or cyclic N) is 1. The second kappa shape index (κ2) is 10.4. The van der Waals surface area contributed by atoms with E-state index < -0.39 is 23.6 Å². The molecule has 2 aliphatic heterocycles. The molecule has 2 aliphatic rings. The van der Waals surface area contributed by atoms with E-state index >= 15 is 0 Å². The number of rotatable bonds is 7. The van der Waals surface area contributed by atoms with Gasteiger partial charge < -0.3 is 19.8 Å². The topological polar surface area (TPSA) is 121 Å². The van der Waals surface area contributed by atoms with E-state index in [1.54, 1.807) is 18.0 Å². The van der Waals surface area contributed by atoms with Gasteiger partial charge in [-0.15, -0.1) is 0 Å². The van der Waals surface area contributed by atoms with E-state index in [9.17, 15) is 14.7 Å². The summed E-state index contributed by atoms with van der Waals surface area (Å²) in [5.41, 5.74) is 3.43. The maximum Gasteiger partial charge on any atom is 0.277 e. The minimum atomic E-state index is -1.08. The van der Waals surface area contributed by atoms with E-state index in [4.69, 9.17) is 4.52 Å². The molecule has 3 aromatic rings. The first-order valence-corrected chi connectivity index (χ1v) is 13.5. The zero-order valence-corrected chi connectivity index (χ0v) is 23.0. The second-order valence-electron chi connectivity index (χ2n) is 11.0. The molecule has 0 radical (unpaired) electrons. The molecule has 39 heavy (non-hydrogen) atoms. The van der Waals surface area contributed by atoms with Crippen molar-refractivity contribution in [2.75, 3.05) is 6.54 Å². The number of aliphatic imine (C=N–C) groups is 1. The summed E-state index contributed by atoms with van der Waals surface area (Å²) >= 11 is 0. The number of aromatic nitrogens is 2. The Balaban J connectivity index is 1.39. The van der Waals surface area contributed by atoms with E-state index in [2.05, 4.69) is 20.4 Å². The largest absolute Gasteiger partial charge is 0.391 e. The minimum Gasteiger partial charge on any atom is -0.391 e. The smallest absolute Gasteiger partial charge is 0.277 e. The quantitative estimate of drug-likeness (QED) is 0.438.